The zero-order valence-corrected chi connectivity index (χ0v) is 15.0. The molecule has 0 radical (unpaired) electrons. The first kappa shape index (κ1) is 19.3. The number of rotatable bonds is 5. The number of hydrogen-bond donors (Lipinski definition) is 5. The smallest absolute Gasteiger partial charge is 0.259 e. The molecule has 0 bridgehead atoms. The van der Waals surface area contributed by atoms with Crippen LogP contribution in [0, 0.1) is 5.41 Å². The summed E-state index contributed by atoms with van der Waals surface area (Å²) in [5.41, 5.74) is 13.1. The van der Waals surface area contributed by atoms with Crippen molar-refractivity contribution in [1.82, 2.24) is 0 Å². The summed E-state index contributed by atoms with van der Waals surface area (Å²) in [5.74, 6) is -1.37. The van der Waals surface area contributed by atoms with E-state index in [-0.39, 0.29) is 12.4 Å². The van der Waals surface area contributed by atoms with Crippen LogP contribution in [0.4, 0.5) is 17.1 Å². The molecular weight excluding hydrogens is 362 g/mol. The van der Waals surface area contributed by atoms with Gasteiger partial charge in [-0.25, -0.2) is 0 Å². The Morgan fingerprint density at radius 3 is 2.46 bits per heavy atom. The summed E-state index contributed by atoms with van der Waals surface area (Å²) in [6, 6.07) is 12.9. The van der Waals surface area contributed by atoms with E-state index in [0.29, 0.717) is 29.2 Å². The molecular formula is C19H21N5O4. The Morgan fingerprint density at radius 2 is 1.86 bits per heavy atom. The number of hydrogen-bond acceptors (Lipinski definition) is 6. The minimum atomic E-state index is -1.68. The van der Waals surface area contributed by atoms with Crippen LogP contribution in [0.25, 0.3) is 0 Å². The van der Waals surface area contributed by atoms with Gasteiger partial charge >= 0.3 is 0 Å². The van der Waals surface area contributed by atoms with Crippen molar-refractivity contribution in [3.05, 3.63) is 54.1 Å². The van der Waals surface area contributed by atoms with Gasteiger partial charge in [0.05, 0.1) is 6.61 Å². The number of nitrogens with zero attached hydrogens (tertiary/aromatic N) is 1. The number of amides is 2. The van der Waals surface area contributed by atoms with Crippen molar-refractivity contribution < 1.29 is 19.4 Å². The molecule has 9 nitrogen and oxygen atoms in total. The molecule has 1 saturated heterocycles. The second-order valence-electron chi connectivity index (χ2n) is 6.30. The SMILES string of the molecule is N=C(N)c1ccc(NC(=O)C(O)C2OCCN(c3ccc(N)cc3)C2=O)cc1. The van der Waals surface area contributed by atoms with Crippen molar-refractivity contribution in [3.63, 3.8) is 0 Å². The number of benzene rings is 2. The van der Waals surface area contributed by atoms with E-state index in [1.165, 1.54) is 4.90 Å². The number of nitrogen functional groups attached to an aromatic ring is 2. The van der Waals surface area contributed by atoms with E-state index in [4.69, 9.17) is 21.6 Å². The molecule has 2 unspecified atom stereocenters. The third-order valence-electron chi connectivity index (χ3n) is 4.35. The molecule has 1 aliphatic heterocycles. The number of nitrogens with one attached hydrogen (secondary N) is 2. The number of morpholine rings is 1. The molecule has 0 aliphatic carbocycles. The molecule has 0 spiro atoms. The number of anilines is 3. The van der Waals surface area contributed by atoms with Crippen molar-refractivity contribution >= 4 is 34.7 Å². The summed E-state index contributed by atoms with van der Waals surface area (Å²) in [5, 5.41) is 20.2. The van der Waals surface area contributed by atoms with Crippen LogP contribution in [0.5, 0.6) is 0 Å². The number of aliphatic hydroxyl groups excluding tert-OH is 1. The second kappa shape index (κ2) is 8.07. The third-order valence-corrected chi connectivity index (χ3v) is 4.35. The summed E-state index contributed by atoms with van der Waals surface area (Å²) in [6.07, 6.45) is -3.00. The van der Waals surface area contributed by atoms with Crippen LogP contribution in [0.3, 0.4) is 0 Å². The van der Waals surface area contributed by atoms with Gasteiger partial charge in [0.2, 0.25) is 0 Å². The predicted molar refractivity (Wildman–Crippen MR) is 105 cm³/mol. The van der Waals surface area contributed by atoms with Crippen molar-refractivity contribution in [1.29, 1.82) is 5.41 Å². The van der Waals surface area contributed by atoms with E-state index in [2.05, 4.69) is 5.32 Å². The number of carbonyl (C=O) groups is 2. The molecule has 0 aromatic heterocycles. The normalized spacial score (nSPS) is 17.8. The molecule has 2 aromatic carbocycles. The minimum Gasteiger partial charge on any atom is -0.399 e. The van der Waals surface area contributed by atoms with Crippen LogP contribution in [-0.4, -0.2) is 48.1 Å². The lowest BCUT2D eigenvalue weighted by Crippen LogP contribution is -2.55. The maximum absolute atomic E-state index is 12.7. The Kier molecular flexibility index (Phi) is 5.57. The second-order valence-corrected chi connectivity index (χ2v) is 6.30. The topological polar surface area (TPSA) is 155 Å². The van der Waals surface area contributed by atoms with E-state index >= 15 is 0 Å². The first-order valence-electron chi connectivity index (χ1n) is 8.59. The van der Waals surface area contributed by atoms with E-state index in [1.54, 1.807) is 48.5 Å². The molecule has 2 aromatic rings. The molecule has 1 heterocycles. The van der Waals surface area contributed by atoms with E-state index in [0.717, 1.165) is 0 Å². The van der Waals surface area contributed by atoms with Gasteiger partial charge in [-0.1, -0.05) is 0 Å². The Morgan fingerprint density at radius 1 is 1.21 bits per heavy atom. The van der Waals surface area contributed by atoms with Crippen LogP contribution in [0.15, 0.2) is 48.5 Å². The monoisotopic (exact) mass is 383 g/mol. The number of aliphatic hydroxyl groups is 1. The molecule has 9 heteroatoms. The van der Waals surface area contributed by atoms with E-state index < -0.39 is 24.0 Å². The minimum absolute atomic E-state index is 0.0955. The van der Waals surface area contributed by atoms with E-state index in [1.807, 2.05) is 0 Å². The fourth-order valence-electron chi connectivity index (χ4n) is 2.83. The highest BCUT2D eigenvalue weighted by Gasteiger charge is 2.39. The largest absolute Gasteiger partial charge is 0.399 e. The highest BCUT2D eigenvalue weighted by molar-refractivity contribution is 6.04. The lowest BCUT2D eigenvalue weighted by molar-refractivity contribution is -0.150. The Bertz CT molecular complexity index is 882. The fraction of sp³-hybridized carbons (Fsp3) is 0.211. The third kappa shape index (κ3) is 4.11. The lowest BCUT2D eigenvalue weighted by atomic mass is 10.1. The first-order valence-corrected chi connectivity index (χ1v) is 8.59. The van der Waals surface area contributed by atoms with Crippen LogP contribution in [-0.2, 0) is 14.3 Å². The number of ether oxygens (including phenoxy) is 1. The van der Waals surface area contributed by atoms with Crippen LogP contribution >= 0.6 is 0 Å². The molecule has 1 fully saturated rings. The fourth-order valence-corrected chi connectivity index (χ4v) is 2.83. The number of amidine groups is 1. The maximum atomic E-state index is 12.7. The molecule has 2 amide bonds. The van der Waals surface area contributed by atoms with Crippen molar-refractivity contribution in [2.75, 3.05) is 29.1 Å². The lowest BCUT2D eigenvalue weighted by Gasteiger charge is -2.34. The first-order chi connectivity index (χ1) is 13.4. The van der Waals surface area contributed by atoms with Gasteiger partial charge in [0.15, 0.2) is 12.2 Å². The summed E-state index contributed by atoms with van der Waals surface area (Å²) < 4.78 is 5.37. The van der Waals surface area contributed by atoms with Gasteiger partial charge in [-0.3, -0.25) is 15.0 Å². The average Bonchev–Trinajstić information content (AvgIpc) is 2.69. The Hall–Kier alpha value is -3.43. The highest BCUT2D eigenvalue weighted by atomic mass is 16.5. The summed E-state index contributed by atoms with van der Waals surface area (Å²) in [6.45, 7) is 0.485. The summed E-state index contributed by atoms with van der Waals surface area (Å²) in [4.78, 5) is 26.5. The number of nitrogens with two attached hydrogens (primary N) is 2. The van der Waals surface area contributed by atoms with Crippen molar-refractivity contribution in [3.8, 4) is 0 Å². The van der Waals surface area contributed by atoms with Gasteiger partial charge in [0.1, 0.15) is 5.84 Å². The standard InChI is InChI=1S/C19H21N5O4/c20-12-3-7-14(8-4-12)24-9-10-28-16(19(24)27)15(25)18(26)23-13-5-1-11(2-6-13)17(21)22/h1-8,15-16,25H,9-10,20H2,(H3,21,22)(H,23,26). The molecule has 3 rings (SSSR count). The Labute approximate surface area is 161 Å². The molecule has 2 atom stereocenters. The van der Waals surface area contributed by atoms with Crippen molar-refractivity contribution in [2.24, 2.45) is 5.73 Å². The van der Waals surface area contributed by atoms with E-state index in [9.17, 15) is 14.7 Å². The number of carbonyl (C=O) groups excluding carboxylic acids is 2. The Balaban J connectivity index is 1.69. The average molecular weight is 383 g/mol. The molecule has 0 saturated carbocycles. The van der Waals surface area contributed by atoms with Crippen LogP contribution in [0.2, 0.25) is 0 Å². The van der Waals surface area contributed by atoms with Crippen LogP contribution < -0.4 is 21.7 Å². The van der Waals surface area contributed by atoms with Gasteiger partial charge in [-0.05, 0) is 48.5 Å². The molecule has 146 valence electrons. The zero-order valence-electron chi connectivity index (χ0n) is 15.0. The molecule has 1 aliphatic rings. The predicted octanol–water partition coefficient (Wildman–Crippen LogP) is 0.284. The highest BCUT2D eigenvalue weighted by Crippen LogP contribution is 2.22. The van der Waals surface area contributed by atoms with Gasteiger partial charge in [-0.15, -0.1) is 0 Å². The van der Waals surface area contributed by atoms with Gasteiger partial charge in [0.25, 0.3) is 11.8 Å². The molecule has 7 N–H and O–H groups in total. The zero-order chi connectivity index (χ0) is 20.3. The molecule has 28 heavy (non-hydrogen) atoms. The van der Waals surface area contributed by atoms with Gasteiger partial charge in [0, 0.05) is 29.2 Å². The van der Waals surface area contributed by atoms with Gasteiger partial charge in [-0.2, -0.15) is 0 Å². The van der Waals surface area contributed by atoms with Crippen molar-refractivity contribution in [2.45, 2.75) is 12.2 Å². The summed E-state index contributed by atoms with van der Waals surface area (Å²) in [7, 11) is 0. The summed E-state index contributed by atoms with van der Waals surface area (Å²) >= 11 is 0. The maximum Gasteiger partial charge on any atom is 0.259 e. The van der Waals surface area contributed by atoms with Crippen LogP contribution in [0.1, 0.15) is 5.56 Å². The quantitative estimate of drug-likeness (QED) is 0.284. The van der Waals surface area contributed by atoms with Gasteiger partial charge < -0.3 is 31.5 Å².